The second-order valence-electron chi connectivity index (χ2n) is 5.04. The van der Waals surface area contributed by atoms with E-state index in [0.717, 1.165) is 34.2 Å². The normalized spacial score (nSPS) is 11.0. The molecule has 102 valence electrons. The number of fused-ring (bicyclic) bond motifs is 1. The van der Waals surface area contributed by atoms with Crippen LogP contribution in [0.25, 0.3) is 17.0 Å². The highest BCUT2D eigenvalue weighted by Gasteiger charge is 2.12. The predicted octanol–water partition coefficient (Wildman–Crippen LogP) is 3.33. The Balaban J connectivity index is 2.25. The molecular weight excluding hydrogens is 250 g/mol. The van der Waals surface area contributed by atoms with Crippen molar-refractivity contribution in [1.82, 2.24) is 14.4 Å². The van der Waals surface area contributed by atoms with E-state index in [0.29, 0.717) is 0 Å². The standard InChI is InChI=1S/C16H17N3O/c1-10-5-6-15(20-4)13(7-10)14-9-19-12(3)8-11(2)17-16(19)18-14/h5-9H,1-4H3. The van der Waals surface area contributed by atoms with E-state index < -0.39 is 0 Å². The Morgan fingerprint density at radius 1 is 1.05 bits per heavy atom. The zero-order chi connectivity index (χ0) is 14.3. The molecule has 0 N–H and O–H groups in total. The molecular formula is C16H17N3O. The lowest BCUT2D eigenvalue weighted by Gasteiger charge is -2.06. The first-order valence-electron chi connectivity index (χ1n) is 6.57. The third-order valence-corrected chi connectivity index (χ3v) is 3.39. The van der Waals surface area contributed by atoms with Crippen molar-refractivity contribution in [3.63, 3.8) is 0 Å². The van der Waals surface area contributed by atoms with Crippen molar-refractivity contribution < 1.29 is 4.74 Å². The first kappa shape index (κ1) is 12.7. The Bertz CT molecular complexity index is 790. The van der Waals surface area contributed by atoms with Gasteiger partial charge in [0, 0.05) is 23.1 Å². The van der Waals surface area contributed by atoms with Crippen LogP contribution >= 0.6 is 0 Å². The van der Waals surface area contributed by atoms with Crippen LogP contribution in [0.5, 0.6) is 5.75 Å². The molecule has 0 aliphatic heterocycles. The molecule has 4 heteroatoms. The molecule has 2 heterocycles. The van der Waals surface area contributed by atoms with Crippen LogP contribution in [0.4, 0.5) is 0 Å². The zero-order valence-electron chi connectivity index (χ0n) is 12.1. The van der Waals surface area contributed by atoms with Crippen LogP contribution in [0.1, 0.15) is 17.0 Å². The number of hydrogen-bond acceptors (Lipinski definition) is 3. The number of benzene rings is 1. The van der Waals surface area contributed by atoms with Crippen LogP contribution in [-0.4, -0.2) is 21.5 Å². The molecule has 0 atom stereocenters. The molecule has 0 aliphatic rings. The minimum atomic E-state index is 0.723. The number of imidazole rings is 1. The average molecular weight is 267 g/mol. The predicted molar refractivity (Wildman–Crippen MR) is 79.2 cm³/mol. The van der Waals surface area contributed by atoms with E-state index in [4.69, 9.17) is 4.74 Å². The third-order valence-electron chi connectivity index (χ3n) is 3.39. The molecule has 20 heavy (non-hydrogen) atoms. The van der Waals surface area contributed by atoms with E-state index in [1.165, 1.54) is 5.56 Å². The largest absolute Gasteiger partial charge is 0.496 e. The summed E-state index contributed by atoms with van der Waals surface area (Å²) in [7, 11) is 1.68. The smallest absolute Gasteiger partial charge is 0.234 e. The molecule has 3 rings (SSSR count). The maximum Gasteiger partial charge on any atom is 0.234 e. The fraction of sp³-hybridized carbons (Fsp3) is 0.250. The SMILES string of the molecule is COc1ccc(C)cc1-c1cn2c(C)cc(C)nc2n1. The Labute approximate surface area is 118 Å². The molecule has 0 spiro atoms. The van der Waals surface area contributed by atoms with E-state index in [-0.39, 0.29) is 0 Å². The summed E-state index contributed by atoms with van der Waals surface area (Å²) in [5.41, 5.74) is 5.15. The van der Waals surface area contributed by atoms with Gasteiger partial charge in [0.15, 0.2) is 0 Å². The van der Waals surface area contributed by atoms with Gasteiger partial charge in [-0.05, 0) is 39.0 Å². The summed E-state index contributed by atoms with van der Waals surface area (Å²) >= 11 is 0. The molecule has 0 fully saturated rings. The Hall–Kier alpha value is -2.36. The van der Waals surface area contributed by atoms with Crippen LogP contribution in [-0.2, 0) is 0 Å². The number of rotatable bonds is 2. The average Bonchev–Trinajstić information content (AvgIpc) is 2.82. The summed E-state index contributed by atoms with van der Waals surface area (Å²) in [6, 6.07) is 8.14. The first-order chi connectivity index (χ1) is 9.58. The molecule has 4 nitrogen and oxygen atoms in total. The van der Waals surface area contributed by atoms with Gasteiger partial charge in [-0.1, -0.05) is 11.6 Å². The lowest BCUT2D eigenvalue weighted by molar-refractivity contribution is 0.416. The topological polar surface area (TPSA) is 39.4 Å². The van der Waals surface area contributed by atoms with Crippen molar-refractivity contribution in [3.05, 3.63) is 47.4 Å². The van der Waals surface area contributed by atoms with Gasteiger partial charge in [-0.25, -0.2) is 9.97 Å². The van der Waals surface area contributed by atoms with E-state index >= 15 is 0 Å². The van der Waals surface area contributed by atoms with Gasteiger partial charge in [-0.2, -0.15) is 0 Å². The fourth-order valence-electron chi connectivity index (χ4n) is 2.42. The van der Waals surface area contributed by atoms with Crippen molar-refractivity contribution in [2.75, 3.05) is 7.11 Å². The fourth-order valence-corrected chi connectivity index (χ4v) is 2.42. The Kier molecular flexibility index (Phi) is 2.93. The number of hydrogen-bond donors (Lipinski definition) is 0. The molecule has 0 saturated heterocycles. The highest BCUT2D eigenvalue weighted by Crippen LogP contribution is 2.30. The van der Waals surface area contributed by atoms with Gasteiger partial charge >= 0.3 is 0 Å². The molecule has 0 saturated carbocycles. The van der Waals surface area contributed by atoms with E-state index in [2.05, 4.69) is 29.9 Å². The lowest BCUT2D eigenvalue weighted by atomic mass is 10.1. The molecule has 0 bridgehead atoms. The maximum absolute atomic E-state index is 5.44. The van der Waals surface area contributed by atoms with Gasteiger partial charge in [-0.3, -0.25) is 4.40 Å². The number of methoxy groups -OCH3 is 1. The summed E-state index contributed by atoms with van der Waals surface area (Å²) < 4.78 is 7.44. The summed E-state index contributed by atoms with van der Waals surface area (Å²) in [6.45, 7) is 6.10. The minimum absolute atomic E-state index is 0.723. The number of ether oxygens (including phenoxy) is 1. The second kappa shape index (κ2) is 4.63. The molecule has 0 amide bonds. The highest BCUT2D eigenvalue weighted by molar-refractivity contribution is 5.69. The second-order valence-corrected chi connectivity index (χ2v) is 5.04. The van der Waals surface area contributed by atoms with Gasteiger partial charge in [0.25, 0.3) is 0 Å². The minimum Gasteiger partial charge on any atom is -0.496 e. The van der Waals surface area contributed by atoms with Crippen LogP contribution < -0.4 is 4.74 Å². The number of aryl methyl sites for hydroxylation is 3. The quantitative estimate of drug-likeness (QED) is 0.715. The van der Waals surface area contributed by atoms with Crippen LogP contribution in [0.15, 0.2) is 30.5 Å². The van der Waals surface area contributed by atoms with Gasteiger partial charge < -0.3 is 4.74 Å². The van der Waals surface area contributed by atoms with Crippen molar-refractivity contribution in [2.24, 2.45) is 0 Å². The van der Waals surface area contributed by atoms with E-state index in [9.17, 15) is 0 Å². The first-order valence-corrected chi connectivity index (χ1v) is 6.57. The van der Waals surface area contributed by atoms with Crippen molar-refractivity contribution in [1.29, 1.82) is 0 Å². The van der Waals surface area contributed by atoms with Crippen LogP contribution in [0.2, 0.25) is 0 Å². The van der Waals surface area contributed by atoms with Gasteiger partial charge in [0.2, 0.25) is 5.78 Å². The lowest BCUT2D eigenvalue weighted by Crippen LogP contribution is -1.94. The maximum atomic E-state index is 5.44. The van der Waals surface area contributed by atoms with Crippen LogP contribution in [0.3, 0.4) is 0 Å². The Morgan fingerprint density at radius 2 is 1.85 bits per heavy atom. The summed E-state index contributed by atoms with van der Waals surface area (Å²) in [6.07, 6.45) is 2.01. The molecule has 0 radical (unpaired) electrons. The summed E-state index contributed by atoms with van der Waals surface area (Å²) in [5.74, 6) is 1.55. The van der Waals surface area contributed by atoms with E-state index in [1.807, 2.05) is 35.7 Å². The van der Waals surface area contributed by atoms with Gasteiger partial charge in [-0.15, -0.1) is 0 Å². The molecule has 1 aromatic carbocycles. The van der Waals surface area contributed by atoms with Crippen molar-refractivity contribution in [2.45, 2.75) is 20.8 Å². The van der Waals surface area contributed by atoms with Crippen molar-refractivity contribution >= 4 is 5.78 Å². The van der Waals surface area contributed by atoms with Gasteiger partial charge in [0.1, 0.15) is 5.75 Å². The highest BCUT2D eigenvalue weighted by atomic mass is 16.5. The molecule has 2 aromatic heterocycles. The molecule has 0 unspecified atom stereocenters. The Morgan fingerprint density at radius 3 is 2.60 bits per heavy atom. The summed E-state index contributed by atoms with van der Waals surface area (Å²) in [5, 5.41) is 0. The summed E-state index contributed by atoms with van der Waals surface area (Å²) in [4.78, 5) is 9.10. The molecule has 3 aromatic rings. The van der Waals surface area contributed by atoms with Crippen LogP contribution in [0, 0.1) is 20.8 Å². The van der Waals surface area contributed by atoms with Gasteiger partial charge in [0.05, 0.1) is 12.8 Å². The zero-order valence-corrected chi connectivity index (χ0v) is 12.1. The molecule has 0 aliphatic carbocycles. The van der Waals surface area contributed by atoms with Crippen molar-refractivity contribution in [3.8, 4) is 17.0 Å². The van der Waals surface area contributed by atoms with E-state index in [1.54, 1.807) is 7.11 Å². The number of aromatic nitrogens is 3. The third kappa shape index (κ3) is 2.03. The monoisotopic (exact) mass is 267 g/mol. The number of nitrogens with zero attached hydrogens (tertiary/aromatic N) is 3.